The third-order valence-electron chi connectivity index (χ3n) is 3.86. The summed E-state index contributed by atoms with van der Waals surface area (Å²) in [6.07, 6.45) is 1.89. The molecule has 0 bridgehead atoms. The number of carbonyl (C=O) groups excluding carboxylic acids is 2. The van der Waals surface area contributed by atoms with Crippen LogP contribution in [0.15, 0.2) is 0 Å². The maximum atomic E-state index is 12.1. The van der Waals surface area contributed by atoms with E-state index in [9.17, 15) is 9.59 Å². The van der Waals surface area contributed by atoms with Crippen molar-refractivity contribution in [3.63, 3.8) is 0 Å². The SMILES string of the molecule is CCCCN1C(=O)C(C)(C)C(C)(C)C1=O. The van der Waals surface area contributed by atoms with Crippen LogP contribution in [0, 0.1) is 10.8 Å². The summed E-state index contributed by atoms with van der Waals surface area (Å²) in [6.45, 7) is 10.1. The van der Waals surface area contributed by atoms with Gasteiger partial charge < -0.3 is 0 Å². The van der Waals surface area contributed by atoms with E-state index < -0.39 is 10.8 Å². The van der Waals surface area contributed by atoms with Crippen molar-refractivity contribution < 1.29 is 9.59 Å². The lowest BCUT2D eigenvalue weighted by atomic mass is 9.70. The summed E-state index contributed by atoms with van der Waals surface area (Å²) < 4.78 is 0. The van der Waals surface area contributed by atoms with E-state index in [2.05, 4.69) is 6.92 Å². The van der Waals surface area contributed by atoms with Crippen molar-refractivity contribution in [1.29, 1.82) is 0 Å². The molecule has 86 valence electrons. The molecule has 2 amide bonds. The van der Waals surface area contributed by atoms with Crippen molar-refractivity contribution in [3.05, 3.63) is 0 Å². The Balaban J connectivity index is 2.96. The van der Waals surface area contributed by atoms with E-state index in [0.29, 0.717) is 6.54 Å². The van der Waals surface area contributed by atoms with Gasteiger partial charge in [-0.05, 0) is 34.1 Å². The van der Waals surface area contributed by atoms with E-state index in [0.717, 1.165) is 12.8 Å². The highest BCUT2D eigenvalue weighted by molar-refractivity contribution is 6.08. The normalized spacial score (nSPS) is 23.7. The first-order valence-electron chi connectivity index (χ1n) is 5.63. The van der Waals surface area contributed by atoms with Gasteiger partial charge in [-0.3, -0.25) is 14.5 Å². The summed E-state index contributed by atoms with van der Waals surface area (Å²) in [5.74, 6) is -0.0445. The van der Waals surface area contributed by atoms with Gasteiger partial charge in [-0.2, -0.15) is 0 Å². The summed E-state index contributed by atoms with van der Waals surface area (Å²) in [5.41, 5.74) is -1.14. The van der Waals surface area contributed by atoms with E-state index in [1.807, 2.05) is 27.7 Å². The smallest absolute Gasteiger partial charge is 0.235 e. The molecule has 0 unspecified atom stereocenters. The van der Waals surface area contributed by atoms with Crippen molar-refractivity contribution >= 4 is 11.8 Å². The number of nitrogens with zero attached hydrogens (tertiary/aromatic N) is 1. The number of hydrogen-bond donors (Lipinski definition) is 0. The van der Waals surface area contributed by atoms with Crippen LogP contribution in [0.3, 0.4) is 0 Å². The third kappa shape index (κ3) is 1.58. The van der Waals surface area contributed by atoms with E-state index in [1.54, 1.807) is 0 Å². The number of hydrogen-bond acceptors (Lipinski definition) is 2. The molecule has 3 heteroatoms. The van der Waals surface area contributed by atoms with Gasteiger partial charge in [-0.15, -0.1) is 0 Å². The highest BCUT2D eigenvalue weighted by atomic mass is 16.2. The van der Waals surface area contributed by atoms with Crippen molar-refractivity contribution in [2.75, 3.05) is 6.54 Å². The first-order chi connectivity index (χ1) is 6.76. The van der Waals surface area contributed by atoms with Crippen LogP contribution < -0.4 is 0 Å². The molecule has 0 aromatic rings. The Bertz CT molecular complexity index is 266. The van der Waals surface area contributed by atoms with Gasteiger partial charge >= 0.3 is 0 Å². The van der Waals surface area contributed by atoms with Crippen LogP contribution in [0.2, 0.25) is 0 Å². The first-order valence-corrected chi connectivity index (χ1v) is 5.63. The Morgan fingerprint density at radius 1 is 1.00 bits per heavy atom. The minimum atomic E-state index is -0.572. The van der Waals surface area contributed by atoms with Crippen molar-refractivity contribution in [1.82, 2.24) is 4.90 Å². The van der Waals surface area contributed by atoms with Crippen LogP contribution in [-0.2, 0) is 9.59 Å². The lowest BCUT2D eigenvalue weighted by molar-refractivity contribution is -0.141. The number of unbranched alkanes of at least 4 members (excludes halogenated alkanes) is 1. The predicted molar refractivity (Wildman–Crippen MR) is 59.2 cm³/mol. The standard InChI is InChI=1S/C12H21NO2/c1-6-7-8-13-9(14)11(2,3)12(4,5)10(13)15/h6-8H2,1-5H3. The molecule has 3 nitrogen and oxygen atoms in total. The molecule has 0 aliphatic carbocycles. The van der Waals surface area contributed by atoms with E-state index in [4.69, 9.17) is 0 Å². The van der Waals surface area contributed by atoms with Gasteiger partial charge in [-0.1, -0.05) is 13.3 Å². The molecule has 0 saturated carbocycles. The molecule has 0 spiro atoms. The minimum Gasteiger partial charge on any atom is -0.282 e. The van der Waals surface area contributed by atoms with Gasteiger partial charge in [0.1, 0.15) is 0 Å². The Kier molecular flexibility index (Phi) is 2.94. The number of imide groups is 1. The maximum Gasteiger partial charge on any atom is 0.235 e. The molecule has 1 aliphatic heterocycles. The number of carbonyl (C=O) groups is 2. The van der Waals surface area contributed by atoms with Gasteiger partial charge in [0.05, 0.1) is 10.8 Å². The van der Waals surface area contributed by atoms with Crippen molar-refractivity contribution in [2.45, 2.75) is 47.5 Å². The van der Waals surface area contributed by atoms with Crippen LogP contribution in [0.4, 0.5) is 0 Å². The second-order valence-electron chi connectivity index (χ2n) is 5.37. The molecule has 15 heavy (non-hydrogen) atoms. The van der Waals surface area contributed by atoms with E-state index in [-0.39, 0.29) is 11.8 Å². The highest BCUT2D eigenvalue weighted by Crippen LogP contribution is 2.47. The Hall–Kier alpha value is -0.860. The summed E-state index contributed by atoms with van der Waals surface area (Å²) in [7, 11) is 0. The summed E-state index contributed by atoms with van der Waals surface area (Å²) in [5, 5.41) is 0. The van der Waals surface area contributed by atoms with Gasteiger partial charge in [0, 0.05) is 6.54 Å². The van der Waals surface area contributed by atoms with Crippen LogP contribution in [0.1, 0.15) is 47.5 Å². The summed E-state index contributed by atoms with van der Waals surface area (Å²) in [6, 6.07) is 0. The molecule has 0 aromatic heterocycles. The monoisotopic (exact) mass is 211 g/mol. The Morgan fingerprint density at radius 2 is 1.40 bits per heavy atom. The zero-order valence-electron chi connectivity index (χ0n) is 10.4. The quantitative estimate of drug-likeness (QED) is 0.671. The first kappa shape index (κ1) is 12.2. The molecule has 0 N–H and O–H groups in total. The van der Waals surface area contributed by atoms with Crippen molar-refractivity contribution in [2.24, 2.45) is 10.8 Å². The predicted octanol–water partition coefficient (Wildman–Crippen LogP) is 2.21. The van der Waals surface area contributed by atoms with Gasteiger partial charge in [0.25, 0.3) is 0 Å². The molecule has 0 atom stereocenters. The van der Waals surface area contributed by atoms with Gasteiger partial charge in [-0.25, -0.2) is 0 Å². The number of rotatable bonds is 3. The molecule has 1 aliphatic rings. The van der Waals surface area contributed by atoms with Crippen LogP contribution >= 0.6 is 0 Å². The average Bonchev–Trinajstić information content (AvgIpc) is 2.26. The fourth-order valence-corrected chi connectivity index (χ4v) is 1.82. The van der Waals surface area contributed by atoms with E-state index in [1.165, 1.54) is 4.90 Å². The summed E-state index contributed by atoms with van der Waals surface area (Å²) in [4.78, 5) is 25.6. The second kappa shape index (κ2) is 3.62. The second-order valence-corrected chi connectivity index (χ2v) is 5.37. The molecule has 1 saturated heterocycles. The Morgan fingerprint density at radius 3 is 1.73 bits per heavy atom. The molecule has 1 fully saturated rings. The zero-order chi connectivity index (χ0) is 11.9. The number of amides is 2. The Labute approximate surface area is 91.8 Å². The third-order valence-corrected chi connectivity index (χ3v) is 3.86. The fraction of sp³-hybridized carbons (Fsp3) is 0.833. The molecular weight excluding hydrogens is 190 g/mol. The van der Waals surface area contributed by atoms with Crippen LogP contribution in [0.5, 0.6) is 0 Å². The lowest BCUT2D eigenvalue weighted by Gasteiger charge is -2.28. The van der Waals surface area contributed by atoms with Gasteiger partial charge in [0.15, 0.2) is 0 Å². The maximum absolute atomic E-state index is 12.1. The average molecular weight is 211 g/mol. The molecule has 0 aromatic carbocycles. The minimum absolute atomic E-state index is 0.0223. The number of likely N-dealkylation sites (tertiary alicyclic amines) is 1. The molecular formula is C12H21NO2. The topological polar surface area (TPSA) is 37.4 Å². The summed E-state index contributed by atoms with van der Waals surface area (Å²) >= 11 is 0. The van der Waals surface area contributed by atoms with E-state index >= 15 is 0 Å². The van der Waals surface area contributed by atoms with Crippen LogP contribution in [-0.4, -0.2) is 23.3 Å². The zero-order valence-corrected chi connectivity index (χ0v) is 10.4. The molecule has 1 rings (SSSR count). The fourth-order valence-electron chi connectivity index (χ4n) is 1.82. The highest BCUT2D eigenvalue weighted by Gasteiger charge is 2.58. The lowest BCUT2D eigenvalue weighted by Crippen LogP contribution is -2.35. The van der Waals surface area contributed by atoms with Gasteiger partial charge in [0.2, 0.25) is 11.8 Å². The van der Waals surface area contributed by atoms with Crippen molar-refractivity contribution in [3.8, 4) is 0 Å². The largest absolute Gasteiger partial charge is 0.282 e. The molecule has 1 heterocycles. The van der Waals surface area contributed by atoms with Crippen LogP contribution in [0.25, 0.3) is 0 Å². The molecule has 0 radical (unpaired) electrons.